The molecular formula is C14H17NO5. The predicted octanol–water partition coefficient (Wildman–Crippen LogP) is 3.25. The number of carboxylic acid groups (broad SMARTS) is 1. The Morgan fingerprint density at radius 2 is 2.00 bits per heavy atom. The lowest BCUT2D eigenvalue weighted by Crippen LogP contribution is -2.23. The average molecular weight is 279 g/mol. The summed E-state index contributed by atoms with van der Waals surface area (Å²) in [5.74, 6) is -0.242. The summed E-state index contributed by atoms with van der Waals surface area (Å²) in [4.78, 5) is 21.1. The SMILES string of the molecule is CC1CCC(Oc2ccc([N+](=O)[O-])c(C(=O)O)c2)CC1. The van der Waals surface area contributed by atoms with Crippen LogP contribution < -0.4 is 4.74 Å². The first kappa shape index (κ1) is 14.3. The zero-order valence-electron chi connectivity index (χ0n) is 11.2. The van der Waals surface area contributed by atoms with Crippen molar-refractivity contribution in [2.24, 2.45) is 5.92 Å². The lowest BCUT2D eigenvalue weighted by molar-refractivity contribution is -0.385. The van der Waals surface area contributed by atoms with Crippen LogP contribution in [0, 0.1) is 16.0 Å². The minimum Gasteiger partial charge on any atom is -0.490 e. The Labute approximate surface area is 116 Å². The van der Waals surface area contributed by atoms with Crippen molar-refractivity contribution in [2.75, 3.05) is 0 Å². The summed E-state index contributed by atoms with van der Waals surface area (Å²) in [5, 5.41) is 19.8. The lowest BCUT2D eigenvalue weighted by Gasteiger charge is -2.26. The van der Waals surface area contributed by atoms with Crippen molar-refractivity contribution in [3.63, 3.8) is 0 Å². The molecular weight excluding hydrogens is 262 g/mol. The standard InChI is InChI=1S/C14H17NO5/c1-9-2-4-10(5-3-9)20-11-6-7-13(15(18)19)12(8-11)14(16)17/h6-10H,2-5H2,1H3,(H,16,17). The molecule has 0 aliphatic heterocycles. The van der Waals surface area contributed by atoms with Crippen molar-refractivity contribution in [1.82, 2.24) is 0 Å². The zero-order chi connectivity index (χ0) is 14.7. The van der Waals surface area contributed by atoms with Gasteiger partial charge in [0.1, 0.15) is 11.3 Å². The normalized spacial score (nSPS) is 22.2. The fraction of sp³-hybridized carbons (Fsp3) is 0.500. The quantitative estimate of drug-likeness (QED) is 0.675. The summed E-state index contributed by atoms with van der Waals surface area (Å²) in [6.45, 7) is 2.20. The third-order valence-electron chi connectivity index (χ3n) is 3.66. The van der Waals surface area contributed by atoms with E-state index in [0.29, 0.717) is 11.7 Å². The number of nitrogens with zero attached hydrogens (tertiary/aromatic N) is 1. The Morgan fingerprint density at radius 1 is 1.35 bits per heavy atom. The summed E-state index contributed by atoms with van der Waals surface area (Å²) < 4.78 is 5.74. The fourth-order valence-corrected chi connectivity index (χ4v) is 2.46. The van der Waals surface area contributed by atoms with Crippen LogP contribution in [-0.4, -0.2) is 22.1 Å². The van der Waals surface area contributed by atoms with Crippen molar-refractivity contribution < 1.29 is 19.6 Å². The van der Waals surface area contributed by atoms with Gasteiger partial charge in [0, 0.05) is 12.1 Å². The van der Waals surface area contributed by atoms with E-state index < -0.39 is 16.6 Å². The third-order valence-corrected chi connectivity index (χ3v) is 3.66. The van der Waals surface area contributed by atoms with Gasteiger partial charge in [0.2, 0.25) is 0 Å². The van der Waals surface area contributed by atoms with E-state index in [2.05, 4.69) is 6.92 Å². The molecule has 0 aromatic heterocycles. The Balaban J connectivity index is 2.15. The van der Waals surface area contributed by atoms with Crippen LogP contribution in [-0.2, 0) is 0 Å². The molecule has 0 amide bonds. The number of aromatic carboxylic acids is 1. The number of carbonyl (C=O) groups is 1. The van der Waals surface area contributed by atoms with Gasteiger partial charge in [-0.15, -0.1) is 0 Å². The maximum Gasteiger partial charge on any atom is 0.342 e. The molecule has 0 atom stereocenters. The van der Waals surface area contributed by atoms with Gasteiger partial charge in [-0.25, -0.2) is 4.79 Å². The molecule has 0 radical (unpaired) electrons. The van der Waals surface area contributed by atoms with Crippen molar-refractivity contribution in [1.29, 1.82) is 0 Å². The number of benzene rings is 1. The van der Waals surface area contributed by atoms with Crippen molar-refractivity contribution in [2.45, 2.75) is 38.7 Å². The summed E-state index contributed by atoms with van der Waals surface area (Å²) in [6, 6.07) is 3.88. The monoisotopic (exact) mass is 279 g/mol. The largest absolute Gasteiger partial charge is 0.490 e. The van der Waals surface area contributed by atoms with E-state index in [1.165, 1.54) is 18.2 Å². The number of hydrogen-bond donors (Lipinski definition) is 1. The molecule has 1 N–H and O–H groups in total. The van der Waals surface area contributed by atoms with Crippen LogP contribution >= 0.6 is 0 Å². The first-order chi connectivity index (χ1) is 9.47. The average Bonchev–Trinajstić information content (AvgIpc) is 2.41. The first-order valence-corrected chi connectivity index (χ1v) is 6.65. The maximum atomic E-state index is 11.1. The second kappa shape index (κ2) is 5.90. The van der Waals surface area contributed by atoms with Gasteiger partial charge >= 0.3 is 5.97 Å². The smallest absolute Gasteiger partial charge is 0.342 e. The van der Waals surface area contributed by atoms with Gasteiger partial charge in [-0.3, -0.25) is 10.1 Å². The first-order valence-electron chi connectivity index (χ1n) is 6.65. The van der Waals surface area contributed by atoms with Crippen molar-refractivity contribution >= 4 is 11.7 Å². The molecule has 6 nitrogen and oxygen atoms in total. The molecule has 1 aromatic rings. The fourth-order valence-electron chi connectivity index (χ4n) is 2.46. The van der Waals surface area contributed by atoms with E-state index in [0.717, 1.165) is 25.7 Å². The maximum absolute atomic E-state index is 11.1. The van der Waals surface area contributed by atoms with Gasteiger partial charge in [0.05, 0.1) is 11.0 Å². The Morgan fingerprint density at radius 3 is 2.55 bits per heavy atom. The molecule has 108 valence electrons. The second-order valence-electron chi connectivity index (χ2n) is 5.24. The highest BCUT2D eigenvalue weighted by molar-refractivity contribution is 5.92. The van der Waals surface area contributed by atoms with E-state index in [9.17, 15) is 14.9 Å². The molecule has 1 fully saturated rings. The van der Waals surface area contributed by atoms with E-state index >= 15 is 0 Å². The van der Waals surface area contributed by atoms with Gasteiger partial charge in [-0.2, -0.15) is 0 Å². The number of carboxylic acids is 1. The van der Waals surface area contributed by atoms with Crippen molar-refractivity contribution in [3.8, 4) is 5.75 Å². The van der Waals surface area contributed by atoms with E-state index in [1.54, 1.807) is 0 Å². The third kappa shape index (κ3) is 3.26. The lowest BCUT2D eigenvalue weighted by atomic mass is 9.89. The molecule has 0 heterocycles. The highest BCUT2D eigenvalue weighted by Gasteiger charge is 2.23. The van der Waals surface area contributed by atoms with Crippen LogP contribution in [0.1, 0.15) is 43.0 Å². The van der Waals surface area contributed by atoms with Gasteiger partial charge in [0.25, 0.3) is 5.69 Å². The number of nitro groups is 1. The van der Waals surface area contributed by atoms with Crippen LogP contribution in [0.2, 0.25) is 0 Å². The van der Waals surface area contributed by atoms with Gasteiger partial charge in [0.15, 0.2) is 0 Å². The molecule has 6 heteroatoms. The Hall–Kier alpha value is -2.11. The van der Waals surface area contributed by atoms with Crippen LogP contribution in [0.15, 0.2) is 18.2 Å². The molecule has 20 heavy (non-hydrogen) atoms. The summed E-state index contributed by atoms with van der Waals surface area (Å²) in [7, 11) is 0. The molecule has 1 aliphatic rings. The molecule has 0 unspecified atom stereocenters. The molecule has 0 saturated heterocycles. The van der Waals surface area contributed by atoms with E-state index in [-0.39, 0.29) is 11.7 Å². The summed E-state index contributed by atoms with van der Waals surface area (Å²) in [6.07, 6.45) is 4.10. The number of rotatable bonds is 4. The summed E-state index contributed by atoms with van der Waals surface area (Å²) in [5.41, 5.74) is -0.751. The highest BCUT2D eigenvalue weighted by Crippen LogP contribution is 2.29. The predicted molar refractivity (Wildman–Crippen MR) is 72.1 cm³/mol. The number of hydrogen-bond acceptors (Lipinski definition) is 4. The Kier molecular flexibility index (Phi) is 4.22. The molecule has 1 aliphatic carbocycles. The summed E-state index contributed by atoms with van der Waals surface area (Å²) >= 11 is 0. The molecule has 1 saturated carbocycles. The Bertz CT molecular complexity index is 520. The minimum absolute atomic E-state index is 0.0642. The van der Waals surface area contributed by atoms with Gasteiger partial charge in [-0.05, 0) is 37.7 Å². The van der Waals surface area contributed by atoms with Crippen LogP contribution in [0.5, 0.6) is 5.75 Å². The molecule has 1 aromatic carbocycles. The molecule has 2 rings (SSSR count). The van der Waals surface area contributed by atoms with Crippen molar-refractivity contribution in [3.05, 3.63) is 33.9 Å². The van der Waals surface area contributed by atoms with Crippen LogP contribution in [0.4, 0.5) is 5.69 Å². The zero-order valence-corrected chi connectivity index (χ0v) is 11.2. The van der Waals surface area contributed by atoms with E-state index in [1.807, 2.05) is 0 Å². The second-order valence-corrected chi connectivity index (χ2v) is 5.24. The molecule has 0 spiro atoms. The van der Waals surface area contributed by atoms with Crippen LogP contribution in [0.3, 0.4) is 0 Å². The highest BCUT2D eigenvalue weighted by atomic mass is 16.6. The number of nitro benzene ring substituents is 1. The van der Waals surface area contributed by atoms with Gasteiger partial charge < -0.3 is 9.84 Å². The topological polar surface area (TPSA) is 89.7 Å². The van der Waals surface area contributed by atoms with Gasteiger partial charge in [-0.1, -0.05) is 6.92 Å². The van der Waals surface area contributed by atoms with E-state index in [4.69, 9.17) is 9.84 Å². The number of ether oxygens (including phenoxy) is 1. The van der Waals surface area contributed by atoms with Crippen LogP contribution in [0.25, 0.3) is 0 Å². The molecule has 0 bridgehead atoms. The minimum atomic E-state index is -1.32.